The molecule has 0 radical (unpaired) electrons. The molecule has 0 aliphatic carbocycles. The number of nitrogens with zero attached hydrogens (tertiary/aromatic N) is 1. The van der Waals surface area contributed by atoms with Crippen molar-refractivity contribution in [3.63, 3.8) is 0 Å². The first kappa shape index (κ1) is 22.1. The zero-order valence-corrected chi connectivity index (χ0v) is 17.5. The number of benzene rings is 2. The number of amides is 1. The number of nitrogens with one attached hydrogen (secondary N) is 3. The Bertz CT molecular complexity index is 837. The van der Waals surface area contributed by atoms with Gasteiger partial charge in [-0.1, -0.05) is 24.3 Å². The molecule has 0 heterocycles. The van der Waals surface area contributed by atoms with Crippen LogP contribution in [0, 0.1) is 0 Å². The first-order chi connectivity index (χ1) is 14.1. The molecule has 0 bridgehead atoms. The molecule has 0 unspecified atom stereocenters. The van der Waals surface area contributed by atoms with E-state index in [2.05, 4.69) is 20.9 Å². The average Bonchev–Trinajstić information content (AvgIpc) is 2.71. The lowest BCUT2D eigenvalue weighted by molar-refractivity contribution is -0.114. The van der Waals surface area contributed by atoms with Crippen LogP contribution in [0.3, 0.4) is 0 Å². The Morgan fingerprint density at radius 3 is 2.55 bits per heavy atom. The van der Waals surface area contributed by atoms with Crippen molar-refractivity contribution in [1.82, 2.24) is 10.6 Å². The molecule has 7 heteroatoms. The Labute approximate surface area is 172 Å². The van der Waals surface area contributed by atoms with Crippen LogP contribution in [0.5, 0.6) is 11.5 Å². The van der Waals surface area contributed by atoms with Gasteiger partial charge in [-0.25, -0.2) is 4.99 Å². The molecule has 0 saturated carbocycles. The van der Waals surface area contributed by atoms with Gasteiger partial charge >= 0.3 is 0 Å². The SMILES string of the molecule is CCNC(=NCc1ccc(OC)c(NC(C)=O)c1)NCc1ccccc1OCC. The van der Waals surface area contributed by atoms with Crippen molar-refractivity contribution in [3.8, 4) is 11.5 Å². The van der Waals surface area contributed by atoms with Gasteiger partial charge in [0, 0.05) is 25.6 Å². The van der Waals surface area contributed by atoms with Gasteiger partial charge in [-0.15, -0.1) is 0 Å². The van der Waals surface area contributed by atoms with E-state index in [4.69, 9.17) is 9.47 Å². The predicted molar refractivity (Wildman–Crippen MR) is 117 cm³/mol. The van der Waals surface area contributed by atoms with Crippen molar-refractivity contribution >= 4 is 17.6 Å². The predicted octanol–water partition coefficient (Wildman–Crippen LogP) is 3.31. The molecule has 0 saturated heterocycles. The summed E-state index contributed by atoms with van der Waals surface area (Å²) >= 11 is 0. The number of hydrogen-bond acceptors (Lipinski definition) is 4. The van der Waals surface area contributed by atoms with Crippen molar-refractivity contribution in [3.05, 3.63) is 53.6 Å². The van der Waals surface area contributed by atoms with Crippen LogP contribution in [0.15, 0.2) is 47.5 Å². The summed E-state index contributed by atoms with van der Waals surface area (Å²) in [6.07, 6.45) is 0. The zero-order valence-electron chi connectivity index (χ0n) is 17.5. The van der Waals surface area contributed by atoms with E-state index < -0.39 is 0 Å². The van der Waals surface area contributed by atoms with Crippen LogP contribution in [-0.4, -0.2) is 32.1 Å². The van der Waals surface area contributed by atoms with Crippen molar-refractivity contribution < 1.29 is 14.3 Å². The minimum Gasteiger partial charge on any atom is -0.495 e. The number of aliphatic imine (C=N–C) groups is 1. The number of para-hydroxylation sites is 1. The number of anilines is 1. The molecule has 2 aromatic carbocycles. The largest absolute Gasteiger partial charge is 0.495 e. The van der Waals surface area contributed by atoms with Gasteiger partial charge in [-0.2, -0.15) is 0 Å². The quantitative estimate of drug-likeness (QED) is 0.446. The van der Waals surface area contributed by atoms with E-state index in [0.717, 1.165) is 23.4 Å². The third-order valence-corrected chi connectivity index (χ3v) is 4.06. The summed E-state index contributed by atoms with van der Waals surface area (Å²) in [6.45, 7) is 7.89. The maximum atomic E-state index is 11.4. The molecular formula is C22H30N4O3. The Balaban J connectivity index is 2.10. The number of carbonyl (C=O) groups is 1. The molecule has 0 fully saturated rings. The van der Waals surface area contributed by atoms with Crippen LogP contribution in [0.1, 0.15) is 31.9 Å². The number of rotatable bonds is 9. The van der Waals surface area contributed by atoms with E-state index in [1.165, 1.54) is 6.92 Å². The van der Waals surface area contributed by atoms with Gasteiger partial charge in [0.2, 0.25) is 5.91 Å². The van der Waals surface area contributed by atoms with Crippen LogP contribution in [0.2, 0.25) is 0 Å². The van der Waals surface area contributed by atoms with Crippen molar-refractivity contribution in [2.24, 2.45) is 4.99 Å². The number of hydrogen-bond donors (Lipinski definition) is 3. The second-order valence-electron chi connectivity index (χ2n) is 6.31. The highest BCUT2D eigenvalue weighted by molar-refractivity contribution is 5.90. The molecule has 29 heavy (non-hydrogen) atoms. The average molecular weight is 399 g/mol. The first-order valence-corrected chi connectivity index (χ1v) is 9.74. The zero-order chi connectivity index (χ0) is 21.1. The summed E-state index contributed by atoms with van der Waals surface area (Å²) < 4.78 is 11.0. The summed E-state index contributed by atoms with van der Waals surface area (Å²) in [5, 5.41) is 9.37. The van der Waals surface area contributed by atoms with Crippen molar-refractivity contribution in [1.29, 1.82) is 0 Å². The summed E-state index contributed by atoms with van der Waals surface area (Å²) in [5.74, 6) is 2.04. The van der Waals surface area contributed by atoms with E-state index in [9.17, 15) is 4.79 Å². The summed E-state index contributed by atoms with van der Waals surface area (Å²) in [5.41, 5.74) is 2.66. The van der Waals surface area contributed by atoms with Gasteiger partial charge in [-0.05, 0) is 37.6 Å². The van der Waals surface area contributed by atoms with Gasteiger partial charge in [-0.3, -0.25) is 4.79 Å². The van der Waals surface area contributed by atoms with Crippen molar-refractivity contribution in [2.75, 3.05) is 25.6 Å². The fourth-order valence-electron chi connectivity index (χ4n) is 2.78. The second-order valence-corrected chi connectivity index (χ2v) is 6.31. The molecule has 0 atom stereocenters. The molecule has 156 valence electrons. The van der Waals surface area contributed by atoms with E-state index in [1.807, 2.05) is 56.3 Å². The molecule has 0 aliphatic heterocycles. The smallest absolute Gasteiger partial charge is 0.221 e. The molecule has 0 spiro atoms. The minimum atomic E-state index is -0.146. The maximum Gasteiger partial charge on any atom is 0.221 e. The van der Waals surface area contributed by atoms with Crippen LogP contribution in [0.4, 0.5) is 5.69 Å². The Morgan fingerprint density at radius 2 is 1.86 bits per heavy atom. The third kappa shape index (κ3) is 7.03. The van der Waals surface area contributed by atoms with Crippen LogP contribution in [-0.2, 0) is 17.9 Å². The molecule has 3 N–H and O–H groups in total. The monoisotopic (exact) mass is 398 g/mol. The second kappa shape index (κ2) is 11.6. The summed E-state index contributed by atoms with van der Waals surface area (Å²) in [4.78, 5) is 16.1. The van der Waals surface area contributed by atoms with E-state index in [1.54, 1.807) is 7.11 Å². The minimum absolute atomic E-state index is 0.146. The Morgan fingerprint density at radius 1 is 1.07 bits per heavy atom. The lowest BCUT2D eigenvalue weighted by Gasteiger charge is -2.14. The van der Waals surface area contributed by atoms with E-state index >= 15 is 0 Å². The molecular weight excluding hydrogens is 368 g/mol. The first-order valence-electron chi connectivity index (χ1n) is 9.74. The third-order valence-electron chi connectivity index (χ3n) is 4.06. The highest BCUT2D eigenvalue weighted by Gasteiger charge is 2.07. The topological polar surface area (TPSA) is 84.0 Å². The number of carbonyl (C=O) groups excluding carboxylic acids is 1. The number of methoxy groups -OCH3 is 1. The standard InChI is InChI=1S/C22H30N4O3/c1-5-23-22(25-15-18-9-7-8-10-20(18)29-6-2)24-14-17-11-12-21(28-4)19(13-17)26-16(3)27/h7-13H,5-6,14-15H2,1-4H3,(H,26,27)(H2,23,24,25). The lowest BCUT2D eigenvalue weighted by Crippen LogP contribution is -2.36. The molecule has 0 aliphatic rings. The molecule has 2 aromatic rings. The van der Waals surface area contributed by atoms with E-state index in [0.29, 0.717) is 37.1 Å². The summed E-state index contributed by atoms with van der Waals surface area (Å²) in [7, 11) is 1.58. The Kier molecular flexibility index (Phi) is 8.82. The molecule has 1 amide bonds. The van der Waals surface area contributed by atoms with Gasteiger partial charge in [0.1, 0.15) is 11.5 Å². The highest BCUT2D eigenvalue weighted by atomic mass is 16.5. The van der Waals surface area contributed by atoms with Crippen molar-refractivity contribution in [2.45, 2.75) is 33.9 Å². The van der Waals surface area contributed by atoms with Gasteiger partial charge in [0.05, 0.1) is 25.9 Å². The number of ether oxygens (including phenoxy) is 2. The van der Waals surface area contributed by atoms with Crippen LogP contribution in [0.25, 0.3) is 0 Å². The van der Waals surface area contributed by atoms with Crippen LogP contribution < -0.4 is 25.4 Å². The Hall–Kier alpha value is -3.22. The molecule has 7 nitrogen and oxygen atoms in total. The lowest BCUT2D eigenvalue weighted by atomic mass is 10.2. The molecule has 2 rings (SSSR count). The van der Waals surface area contributed by atoms with Gasteiger partial charge in [0.25, 0.3) is 0 Å². The fraction of sp³-hybridized carbons (Fsp3) is 0.364. The fourth-order valence-corrected chi connectivity index (χ4v) is 2.78. The van der Waals surface area contributed by atoms with Gasteiger partial charge < -0.3 is 25.4 Å². The highest BCUT2D eigenvalue weighted by Crippen LogP contribution is 2.25. The molecule has 0 aromatic heterocycles. The normalized spacial score (nSPS) is 11.0. The maximum absolute atomic E-state index is 11.4. The van der Waals surface area contributed by atoms with Gasteiger partial charge in [0.15, 0.2) is 5.96 Å². The van der Waals surface area contributed by atoms with E-state index in [-0.39, 0.29) is 5.91 Å². The summed E-state index contributed by atoms with van der Waals surface area (Å²) in [6, 6.07) is 13.6. The van der Waals surface area contributed by atoms with Crippen LogP contribution >= 0.6 is 0 Å². The number of guanidine groups is 1.